The van der Waals surface area contributed by atoms with Gasteiger partial charge in [-0.15, -0.1) is 0 Å². The van der Waals surface area contributed by atoms with Gasteiger partial charge in [0.1, 0.15) is 5.75 Å². The van der Waals surface area contributed by atoms with E-state index in [1.165, 1.54) is 38.1 Å². The molecular formula is C24H25N3O6S. The highest BCUT2D eigenvalue weighted by molar-refractivity contribution is 7.89. The quantitative estimate of drug-likeness (QED) is 0.426. The van der Waals surface area contributed by atoms with E-state index < -0.39 is 22.0 Å². The van der Waals surface area contributed by atoms with E-state index in [1.807, 2.05) is 12.1 Å². The number of nitrogens with one attached hydrogen (secondary N) is 3. The lowest BCUT2D eigenvalue weighted by Gasteiger charge is -2.15. The van der Waals surface area contributed by atoms with Gasteiger partial charge in [-0.05, 0) is 67.6 Å². The predicted molar refractivity (Wildman–Crippen MR) is 129 cm³/mol. The molecule has 34 heavy (non-hydrogen) atoms. The standard InChI is InChI=1S/C24H25N3O6S/c1-16(27-34(30,31)21-14-10-18(11-15-21)25-17(2)28)24(29)26-19-8-12-20(13-9-19)33-23-7-5-4-6-22(23)32-3/h4-16,27H,1-3H3,(H,25,28)(H,26,29)/t16-/m0/s1. The lowest BCUT2D eigenvalue weighted by atomic mass is 10.2. The van der Waals surface area contributed by atoms with Gasteiger partial charge < -0.3 is 20.1 Å². The summed E-state index contributed by atoms with van der Waals surface area (Å²) in [5.74, 6) is 0.884. The molecule has 178 valence electrons. The minimum atomic E-state index is -3.95. The van der Waals surface area contributed by atoms with Gasteiger partial charge in [-0.25, -0.2) is 8.42 Å². The number of hydrogen-bond acceptors (Lipinski definition) is 6. The summed E-state index contributed by atoms with van der Waals surface area (Å²) in [6, 6.07) is 18.4. The lowest BCUT2D eigenvalue weighted by molar-refractivity contribution is -0.117. The minimum absolute atomic E-state index is 0.0286. The zero-order chi connectivity index (χ0) is 24.7. The third-order valence-corrected chi connectivity index (χ3v) is 6.19. The van der Waals surface area contributed by atoms with Gasteiger partial charge in [0, 0.05) is 18.3 Å². The molecular weight excluding hydrogens is 458 g/mol. The average Bonchev–Trinajstić information content (AvgIpc) is 2.80. The Labute approximate surface area is 198 Å². The van der Waals surface area contributed by atoms with Crippen molar-refractivity contribution in [2.24, 2.45) is 0 Å². The van der Waals surface area contributed by atoms with Gasteiger partial charge in [-0.2, -0.15) is 4.72 Å². The molecule has 0 unspecified atom stereocenters. The Morgan fingerprint density at radius 1 is 0.824 bits per heavy atom. The Bertz CT molecular complexity index is 1260. The summed E-state index contributed by atoms with van der Waals surface area (Å²) in [5, 5.41) is 5.23. The summed E-state index contributed by atoms with van der Waals surface area (Å²) in [5.41, 5.74) is 0.943. The number of para-hydroxylation sites is 2. The van der Waals surface area contributed by atoms with Gasteiger partial charge >= 0.3 is 0 Å². The van der Waals surface area contributed by atoms with Crippen molar-refractivity contribution in [1.29, 1.82) is 0 Å². The van der Waals surface area contributed by atoms with E-state index in [0.29, 0.717) is 28.6 Å². The summed E-state index contributed by atoms with van der Waals surface area (Å²) in [4.78, 5) is 23.6. The second-order valence-electron chi connectivity index (χ2n) is 7.32. The summed E-state index contributed by atoms with van der Waals surface area (Å²) in [6.45, 7) is 2.80. The third kappa shape index (κ3) is 6.56. The van der Waals surface area contributed by atoms with E-state index >= 15 is 0 Å². The molecule has 0 heterocycles. The predicted octanol–water partition coefficient (Wildman–Crippen LogP) is 3.75. The van der Waals surface area contributed by atoms with Crippen molar-refractivity contribution >= 4 is 33.2 Å². The summed E-state index contributed by atoms with van der Waals surface area (Å²) >= 11 is 0. The number of hydrogen-bond donors (Lipinski definition) is 3. The fourth-order valence-electron chi connectivity index (χ4n) is 2.96. The number of methoxy groups -OCH3 is 1. The molecule has 0 spiro atoms. The largest absolute Gasteiger partial charge is 0.493 e. The highest BCUT2D eigenvalue weighted by Gasteiger charge is 2.22. The van der Waals surface area contributed by atoms with Gasteiger partial charge in [0.25, 0.3) is 0 Å². The second-order valence-corrected chi connectivity index (χ2v) is 9.03. The molecule has 0 aromatic heterocycles. The number of ether oxygens (including phenoxy) is 2. The maximum absolute atomic E-state index is 12.6. The molecule has 1 atom stereocenters. The molecule has 0 saturated heterocycles. The third-order valence-electron chi connectivity index (χ3n) is 4.63. The van der Waals surface area contributed by atoms with E-state index in [2.05, 4.69) is 15.4 Å². The van der Waals surface area contributed by atoms with E-state index in [0.717, 1.165) is 0 Å². The molecule has 3 aromatic carbocycles. The summed E-state index contributed by atoms with van der Waals surface area (Å²) < 4.78 is 38.6. The number of anilines is 2. The molecule has 9 nitrogen and oxygen atoms in total. The van der Waals surface area contributed by atoms with Crippen LogP contribution in [0.3, 0.4) is 0 Å². The molecule has 0 aliphatic carbocycles. The first-order chi connectivity index (χ1) is 16.2. The zero-order valence-corrected chi connectivity index (χ0v) is 19.7. The van der Waals surface area contributed by atoms with Crippen LogP contribution in [0.25, 0.3) is 0 Å². The van der Waals surface area contributed by atoms with Crippen LogP contribution >= 0.6 is 0 Å². The van der Waals surface area contributed by atoms with Crippen molar-refractivity contribution < 1.29 is 27.5 Å². The highest BCUT2D eigenvalue weighted by Crippen LogP contribution is 2.31. The first kappa shape index (κ1) is 24.7. The summed E-state index contributed by atoms with van der Waals surface area (Å²) in [7, 11) is -2.39. The number of benzene rings is 3. The van der Waals surface area contributed by atoms with Crippen LogP contribution in [-0.2, 0) is 19.6 Å². The van der Waals surface area contributed by atoms with Gasteiger partial charge in [0.2, 0.25) is 21.8 Å². The van der Waals surface area contributed by atoms with E-state index in [4.69, 9.17) is 9.47 Å². The Morgan fingerprint density at radius 3 is 1.97 bits per heavy atom. The number of carbonyl (C=O) groups is 2. The molecule has 0 radical (unpaired) electrons. The molecule has 0 aliphatic heterocycles. The van der Waals surface area contributed by atoms with Crippen LogP contribution in [0.15, 0.2) is 77.7 Å². The first-order valence-electron chi connectivity index (χ1n) is 10.3. The van der Waals surface area contributed by atoms with Crippen molar-refractivity contribution in [3.8, 4) is 17.2 Å². The molecule has 3 aromatic rings. The smallest absolute Gasteiger partial charge is 0.242 e. The van der Waals surface area contributed by atoms with Crippen LogP contribution < -0.4 is 24.8 Å². The second kappa shape index (κ2) is 10.8. The Kier molecular flexibility index (Phi) is 7.87. The van der Waals surface area contributed by atoms with Crippen LogP contribution in [0, 0.1) is 0 Å². The SMILES string of the molecule is COc1ccccc1Oc1ccc(NC(=O)[C@H](C)NS(=O)(=O)c2ccc(NC(C)=O)cc2)cc1. The molecule has 0 saturated carbocycles. The molecule has 2 amide bonds. The fourth-order valence-corrected chi connectivity index (χ4v) is 4.16. The van der Waals surface area contributed by atoms with Crippen LogP contribution in [-0.4, -0.2) is 33.4 Å². The van der Waals surface area contributed by atoms with Crippen LogP contribution in [0.4, 0.5) is 11.4 Å². The van der Waals surface area contributed by atoms with Crippen LogP contribution in [0.1, 0.15) is 13.8 Å². The Morgan fingerprint density at radius 2 is 1.38 bits per heavy atom. The summed E-state index contributed by atoms with van der Waals surface area (Å²) in [6.07, 6.45) is 0. The van der Waals surface area contributed by atoms with Crippen LogP contribution in [0.5, 0.6) is 17.2 Å². The normalized spacial score (nSPS) is 11.9. The number of amides is 2. The van der Waals surface area contributed by atoms with Gasteiger partial charge in [-0.3, -0.25) is 9.59 Å². The van der Waals surface area contributed by atoms with Crippen LogP contribution in [0.2, 0.25) is 0 Å². The van der Waals surface area contributed by atoms with Gasteiger partial charge in [-0.1, -0.05) is 12.1 Å². The minimum Gasteiger partial charge on any atom is -0.493 e. The maximum Gasteiger partial charge on any atom is 0.242 e. The van der Waals surface area contributed by atoms with Crippen molar-refractivity contribution in [2.45, 2.75) is 24.8 Å². The number of rotatable bonds is 9. The Balaban J connectivity index is 1.60. The fraction of sp³-hybridized carbons (Fsp3) is 0.167. The maximum atomic E-state index is 12.6. The number of carbonyl (C=O) groups excluding carboxylic acids is 2. The lowest BCUT2D eigenvalue weighted by Crippen LogP contribution is -2.41. The van der Waals surface area contributed by atoms with E-state index in [-0.39, 0.29) is 10.8 Å². The Hall–Kier alpha value is -3.89. The highest BCUT2D eigenvalue weighted by atomic mass is 32.2. The molecule has 3 N–H and O–H groups in total. The average molecular weight is 484 g/mol. The topological polar surface area (TPSA) is 123 Å². The molecule has 3 rings (SSSR count). The monoisotopic (exact) mass is 483 g/mol. The van der Waals surface area contributed by atoms with Gasteiger partial charge in [0.15, 0.2) is 11.5 Å². The van der Waals surface area contributed by atoms with E-state index in [9.17, 15) is 18.0 Å². The molecule has 0 fully saturated rings. The zero-order valence-electron chi connectivity index (χ0n) is 18.9. The number of sulfonamides is 1. The van der Waals surface area contributed by atoms with Gasteiger partial charge in [0.05, 0.1) is 18.0 Å². The van der Waals surface area contributed by atoms with E-state index in [1.54, 1.807) is 43.5 Å². The first-order valence-corrected chi connectivity index (χ1v) is 11.8. The van der Waals surface area contributed by atoms with Crippen molar-refractivity contribution in [2.75, 3.05) is 17.7 Å². The molecule has 0 bridgehead atoms. The van der Waals surface area contributed by atoms with Crippen molar-refractivity contribution in [3.05, 3.63) is 72.8 Å². The molecule has 0 aliphatic rings. The van der Waals surface area contributed by atoms with Crippen molar-refractivity contribution in [3.63, 3.8) is 0 Å². The van der Waals surface area contributed by atoms with Crippen molar-refractivity contribution in [1.82, 2.24) is 4.72 Å². The molecule has 10 heteroatoms.